The summed E-state index contributed by atoms with van der Waals surface area (Å²) in [5.74, 6) is 1.20. The van der Waals surface area contributed by atoms with Crippen molar-refractivity contribution in [2.75, 3.05) is 49.6 Å². The smallest absolute Gasteiger partial charge is 0.230 e. The number of aliphatic hydroxyl groups is 1. The van der Waals surface area contributed by atoms with Gasteiger partial charge in [-0.3, -0.25) is 4.79 Å². The summed E-state index contributed by atoms with van der Waals surface area (Å²) in [4.78, 5) is 24.7. The van der Waals surface area contributed by atoms with E-state index in [0.717, 1.165) is 69.1 Å². The number of benzene rings is 1. The molecule has 2 aromatic rings. The number of likely N-dealkylation sites (N-methyl/N-ethyl adjacent to an activating group) is 1. The van der Waals surface area contributed by atoms with E-state index in [2.05, 4.69) is 27.9 Å². The van der Waals surface area contributed by atoms with Crippen molar-refractivity contribution in [3.63, 3.8) is 0 Å². The molecule has 6 heteroatoms. The fourth-order valence-electron chi connectivity index (χ4n) is 4.60. The molecule has 166 valence electrons. The van der Waals surface area contributed by atoms with Crippen LogP contribution in [-0.2, 0) is 16.8 Å². The molecule has 4 rings (SSSR count). The van der Waals surface area contributed by atoms with Crippen LogP contribution >= 0.6 is 0 Å². The molecular formula is C25H34N4O2. The Bertz CT molecular complexity index is 898. The summed E-state index contributed by atoms with van der Waals surface area (Å²) in [6.07, 6.45) is 4.49. The van der Waals surface area contributed by atoms with Crippen molar-refractivity contribution in [3.05, 3.63) is 53.7 Å². The predicted octanol–water partition coefficient (Wildman–Crippen LogP) is 3.05. The highest BCUT2D eigenvalue weighted by Crippen LogP contribution is 2.31. The molecule has 2 aliphatic rings. The fourth-order valence-corrected chi connectivity index (χ4v) is 4.60. The van der Waals surface area contributed by atoms with Gasteiger partial charge >= 0.3 is 0 Å². The van der Waals surface area contributed by atoms with E-state index in [9.17, 15) is 9.90 Å². The summed E-state index contributed by atoms with van der Waals surface area (Å²) in [5.41, 5.74) is 2.05. The highest BCUT2D eigenvalue weighted by atomic mass is 16.3. The number of hydrogen-bond donors (Lipinski definition) is 1. The van der Waals surface area contributed by atoms with Crippen LogP contribution < -0.4 is 9.80 Å². The van der Waals surface area contributed by atoms with Crippen LogP contribution in [0.1, 0.15) is 37.8 Å². The number of carbonyl (C=O) groups excluding carboxylic acids is 1. The Labute approximate surface area is 185 Å². The lowest BCUT2D eigenvalue weighted by Gasteiger charge is -2.36. The third kappa shape index (κ3) is 4.91. The van der Waals surface area contributed by atoms with Crippen LogP contribution in [0.4, 0.5) is 11.5 Å². The predicted molar refractivity (Wildman–Crippen MR) is 124 cm³/mol. The van der Waals surface area contributed by atoms with Crippen LogP contribution in [0.15, 0.2) is 42.6 Å². The average molecular weight is 423 g/mol. The van der Waals surface area contributed by atoms with Gasteiger partial charge in [0.25, 0.3) is 0 Å². The molecule has 0 radical (unpaired) electrons. The second-order valence-electron chi connectivity index (χ2n) is 9.42. The van der Waals surface area contributed by atoms with E-state index >= 15 is 0 Å². The van der Waals surface area contributed by atoms with Crippen molar-refractivity contribution < 1.29 is 9.90 Å². The van der Waals surface area contributed by atoms with E-state index in [1.54, 1.807) is 13.8 Å². The maximum atomic E-state index is 13.4. The van der Waals surface area contributed by atoms with Crippen molar-refractivity contribution in [1.82, 2.24) is 9.88 Å². The lowest BCUT2D eigenvalue weighted by atomic mass is 9.89. The van der Waals surface area contributed by atoms with Crippen molar-refractivity contribution in [1.29, 1.82) is 0 Å². The molecule has 1 atom stereocenters. The first-order valence-electron chi connectivity index (χ1n) is 11.3. The van der Waals surface area contributed by atoms with Crippen LogP contribution in [0.3, 0.4) is 0 Å². The van der Waals surface area contributed by atoms with Gasteiger partial charge in [-0.25, -0.2) is 4.98 Å². The Balaban J connectivity index is 1.49. The summed E-state index contributed by atoms with van der Waals surface area (Å²) in [7, 11) is 2.15. The van der Waals surface area contributed by atoms with Crippen LogP contribution in [0.2, 0.25) is 0 Å². The molecule has 2 saturated heterocycles. The topological polar surface area (TPSA) is 59.9 Å². The summed E-state index contributed by atoms with van der Waals surface area (Å²) >= 11 is 0. The number of anilines is 2. The van der Waals surface area contributed by atoms with E-state index in [0.29, 0.717) is 0 Å². The minimum atomic E-state index is -0.882. The number of pyridine rings is 1. The molecule has 0 aliphatic carbocycles. The van der Waals surface area contributed by atoms with Gasteiger partial charge in [0.15, 0.2) is 0 Å². The SMILES string of the molecule is CN1CCN(c2ncccc2CC2CCCN(c3ccc(C(C)(C)O)cc3)C2=O)CC1. The number of amides is 1. The van der Waals surface area contributed by atoms with Gasteiger partial charge in [0.2, 0.25) is 5.91 Å². The molecule has 31 heavy (non-hydrogen) atoms. The van der Waals surface area contributed by atoms with Gasteiger partial charge in [0.05, 0.1) is 5.60 Å². The number of hydrogen-bond acceptors (Lipinski definition) is 5. The summed E-state index contributed by atoms with van der Waals surface area (Å²) < 4.78 is 0. The molecule has 1 unspecified atom stereocenters. The van der Waals surface area contributed by atoms with E-state index < -0.39 is 5.60 Å². The Hall–Kier alpha value is -2.44. The van der Waals surface area contributed by atoms with Crippen LogP contribution in [-0.4, -0.2) is 60.7 Å². The maximum absolute atomic E-state index is 13.4. The molecule has 0 bridgehead atoms. The van der Waals surface area contributed by atoms with Crippen molar-refractivity contribution in [2.45, 2.75) is 38.7 Å². The third-order valence-electron chi connectivity index (χ3n) is 6.57. The van der Waals surface area contributed by atoms with E-state index in [1.807, 2.05) is 41.4 Å². The minimum Gasteiger partial charge on any atom is -0.386 e. The molecule has 2 aliphatic heterocycles. The zero-order valence-electron chi connectivity index (χ0n) is 18.9. The Kier molecular flexibility index (Phi) is 6.30. The Morgan fingerprint density at radius 1 is 1.06 bits per heavy atom. The molecular weight excluding hydrogens is 388 g/mol. The second-order valence-corrected chi connectivity index (χ2v) is 9.42. The first-order chi connectivity index (χ1) is 14.8. The summed E-state index contributed by atoms with van der Waals surface area (Å²) in [6.45, 7) is 8.30. The summed E-state index contributed by atoms with van der Waals surface area (Å²) in [6, 6.07) is 11.8. The van der Waals surface area contributed by atoms with E-state index in [1.165, 1.54) is 5.56 Å². The van der Waals surface area contributed by atoms with E-state index in [-0.39, 0.29) is 11.8 Å². The Morgan fingerprint density at radius 3 is 2.45 bits per heavy atom. The first-order valence-corrected chi connectivity index (χ1v) is 11.3. The third-order valence-corrected chi connectivity index (χ3v) is 6.57. The highest BCUT2D eigenvalue weighted by molar-refractivity contribution is 5.96. The van der Waals surface area contributed by atoms with Gasteiger partial charge in [-0.1, -0.05) is 18.2 Å². The lowest BCUT2D eigenvalue weighted by molar-refractivity contribution is -0.123. The number of rotatable bonds is 5. The summed E-state index contributed by atoms with van der Waals surface area (Å²) in [5, 5.41) is 10.2. The molecule has 0 spiro atoms. The highest BCUT2D eigenvalue weighted by Gasteiger charge is 2.31. The van der Waals surface area contributed by atoms with Gasteiger partial charge in [0.1, 0.15) is 5.82 Å². The molecule has 1 aromatic carbocycles. The van der Waals surface area contributed by atoms with Gasteiger partial charge in [-0.15, -0.1) is 0 Å². The Morgan fingerprint density at radius 2 is 1.77 bits per heavy atom. The molecule has 1 amide bonds. The largest absolute Gasteiger partial charge is 0.386 e. The standard InChI is InChI=1S/C25H34N4O2/c1-25(2,31)21-8-10-22(11-9-21)29-13-5-7-20(24(29)30)18-19-6-4-12-26-23(19)28-16-14-27(3)15-17-28/h4,6,8-12,20,31H,5,7,13-18H2,1-3H3. The van der Waals surface area contributed by atoms with Crippen molar-refractivity contribution >= 4 is 17.4 Å². The monoisotopic (exact) mass is 422 g/mol. The second kappa shape index (κ2) is 8.97. The average Bonchev–Trinajstić information content (AvgIpc) is 2.76. The molecule has 1 N–H and O–H groups in total. The molecule has 3 heterocycles. The number of aromatic nitrogens is 1. The number of carbonyl (C=O) groups is 1. The lowest BCUT2D eigenvalue weighted by Crippen LogP contribution is -2.45. The van der Waals surface area contributed by atoms with Crippen LogP contribution in [0.5, 0.6) is 0 Å². The van der Waals surface area contributed by atoms with Crippen molar-refractivity contribution in [2.24, 2.45) is 5.92 Å². The zero-order valence-corrected chi connectivity index (χ0v) is 18.9. The van der Waals surface area contributed by atoms with Gasteiger partial charge < -0.3 is 19.8 Å². The van der Waals surface area contributed by atoms with Gasteiger partial charge in [0, 0.05) is 50.5 Å². The number of piperidine rings is 1. The fraction of sp³-hybridized carbons (Fsp3) is 0.520. The van der Waals surface area contributed by atoms with Crippen molar-refractivity contribution in [3.8, 4) is 0 Å². The molecule has 1 aromatic heterocycles. The van der Waals surface area contributed by atoms with Crippen LogP contribution in [0.25, 0.3) is 0 Å². The maximum Gasteiger partial charge on any atom is 0.230 e. The van der Waals surface area contributed by atoms with Gasteiger partial charge in [-0.05, 0) is 69.5 Å². The normalized spacial score (nSPS) is 20.9. The molecule has 6 nitrogen and oxygen atoms in total. The first kappa shape index (κ1) is 21.8. The molecule has 2 fully saturated rings. The quantitative estimate of drug-likeness (QED) is 0.803. The zero-order chi connectivity index (χ0) is 22.0. The minimum absolute atomic E-state index is 0.0295. The van der Waals surface area contributed by atoms with E-state index in [4.69, 9.17) is 0 Å². The van der Waals surface area contributed by atoms with Crippen LogP contribution in [0, 0.1) is 5.92 Å². The number of piperazine rings is 1. The molecule has 0 saturated carbocycles. The van der Waals surface area contributed by atoms with Gasteiger partial charge in [-0.2, -0.15) is 0 Å². The number of nitrogens with zero attached hydrogens (tertiary/aromatic N) is 4.